The Bertz CT molecular complexity index is 1120. The maximum atomic E-state index is 12.3. The first-order chi connectivity index (χ1) is 14.2. The lowest BCUT2D eigenvalue weighted by Gasteiger charge is -2.09. The van der Waals surface area contributed by atoms with Crippen LogP contribution in [0.3, 0.4) is 0 Å². The van der Waals surface area contributed by atoms with Crippen LogP contribution in [0.2, 0.25) is 5.02 Å². The number of aromatic nitrogens is 3. The summed E-state index contributed by atoms with van der Waals surface area (Å²) in [6, 6.07) is 21.3. The van der Waals surface area contributed by atoms with E-state index >= 15 is 0 Å². The lowest BCUT2D eigenvalue weighted by molar-refractivity contribution is -0.116. The molecule has 0 atom stereocenters. The Morgan fingerprint density at radius 1 is 1.03 bits per heavy atom. The molecule has 1 N–H and O–H groups in total. The van der Waals surface area contributed by atoms with E-state index < -0.39 is 0 Å². The molecule has 0 saturated carbocycles. The van der Waals surface area contributed by atoms with Gasteiger partial charge in [0.15, 0.2) is 5.65 Å². The number of carbonyl (C=O) groups excluding carboxylic acids is 1. The molecule has 4 rings (SSSR count). The first-order valence-electron chi connectivity index (χ1n) is 9.58. The van der Waals surface area contributed by atoms with Crippen molar-refractivity contribution in [2.75, 3.05) is 5.32 Å². The molecule has 5 nitrogen and oxygen atoms in total. The zero-order valence-corrected chi connectivity index (χ0v) is 16.6. The maximum Gasteiger partial charge on any atom is 0.224 e. The van der Waals surface area contributed by atoms with E-state index in [9.17, 15) is 4.79 Å². The predicted molar refractivity (Wildman–Crippen MR) is 116 cm³/mol. The lowest BCUT2D eigenvalue weighted by Crippen LogP contribution is -2.12. The molecule has 0 aliphatic heterocycles. The molecule has 0 aliphatic carbocycles. The van der Waals surface area contributed by atoms with Crippen LogP contribution >= 0.6 is 11.6 Å². The number of aryl methyl sites for hydroxylation is 1. The van der Waals surface area contributed by atoms with Crippen LogP contribution in [0.25, 0.3) is 11.2 Å². The minimum atomic E-state index is -0.0314. The van der Waals surface area contributed by atoms with Crippen molar-refractivity contribution in [2.45, 2.75) is 25.8 Å². The minimum Gasteiger partial charge on any atom is -0.326 e. The van der Waals surface area contributed by atoms with E-state index in [4.69, 9.17) is 16.6 Å². The molecule has 0 fully saturated rings. The molecule has 29 heavy (non-hydrogen) atoms. The van der Waals surface area contributed by atoms with Gasteiger partial charge >= 0.3 is 0 Å². The summed E-state index contributed by atoms with van der Waals surface area (Å²) in [5.41, 5.74) is 3.65. The van der Waals surface area contributed by atoms with E-state index in [2.05, 4.69) is 27.0 Å². The van der Waals surface area contributed by atoms with Crippen molar-refractivity contribution in [3.05, 3.63) is 89.3 Å². The Labute approximate surface area is 174 Å². The number of anilines is 1. The molecule has 2 heterocycles. The second kappa shape index (κ2) is 8.88. The first kappa shape index (κ1) is 19.2. The quantitative estimate of drug-likeness (QED) is 0.466. The summed E-state index contributed by atoms with van der Waals surface area (Å²) in [5, 5.41) is 3.49. The molecule has 6 heteroatoms. The Morgan fingerprint density at radius 2 is 1.90 bits per heavy atom. The van der Waals surface area contributed by atoms with Crippen molar-refractivity contribution in [2.24, 2.45) is 0 Å². The number of hydrogen-bond donors (Lipinski definition) is 1. The number of nitrogens with one attached hydrogen (secondary N) is 1. The largest absolute Gasteiger partial charge is 0.326 e. The molecule has 0 saturated heterocycles. The highest BCUT2D eigenvalue weighted by atomic mass is 35.5. The standard InChI is InChI=1S/C23H21ClN4O/c24-18-9-4-10-19(15-18)26-22(29)13-5-12-21-27-20-11-6-14-25-23(20)28(21)16-17-7-2-1-3-8-17/h1-4,6-11,14-15H,5,12-13,16H2,(H,26,29). The number of imidazole rings is 1. The van der Waals surface area contributed by atoms with Crippen LogP contribution in [-0.4, -0.2) is 20.4 Å². The number of benzene rings is 2. The summed E-state index contributed by atoms with van der Waals surface area (Å²) in [5.74, 6) is 0.911. The van der Waals surface area contributed by atoms with E-state index in [1.807, 2.05) is 42.5 Å². The van der Waals surface area contributed by atoms with Gasteiger partial charge in [-0.3, -0.25) is 4.79 Å². The number of nitrogens with zero attached hydrogens (tertiary/aromatic N) is 3. The van der Waals surface area contributed by atoms with Crippen LogP contribution in [0, 0.1) is 0 Å². The molecule has 0 unspecified atom stereocenters. The highest BCUT2D eigenvalue weighted by Gasteiger charge is 2.13. The molecule has 0 spiro atoms. The summed E-state index contributed by atoms with van der Waals surface area (Å²) in [6.07, 6.45) is 3.60. The van der Waals surface area contributed by atoms with Crippen molar-refractivity contribution < 1.29 is 4.79 Å². The van der Waals surface area contributed by atoms with Crippen molar-refractivity contribution >= 4 is 34.4 Å². The summed E-state index contributed by atoms with van der Waals surface area (Å²) >= 11 is 5.97. The fourth-order valence-corrected chi connectivity index (χ4v) is 3.52. The predicted octanol–water partition coefficient (Wildman–Crippen LogP) is 5.09. The van der Waals surface area contributed by atoms with E-state index in [1.54, 1.807) is 18.3 Å². The van der Waals surface area contributed by atoms with Crippen molar-refractivity contribution in [1.82, 2.24) is 14.5 Å². The second-order valence-corrected chi connectivity index (χ2v) is 7.29. The number of hydrogen-bond acceptors (Lipinski definition) is 3. The van der Waals surface area contributed by atoms with Gasteiger partial charge in [-0.25, -0.2) is 9.97 Å². The first-order valence-corrected chi connectivity index (χ1v) is 9.96. The monoisotopic (exact) mass is 404 g/mol. The van der Waals surface area contributed by atoms with E-state index in [-0.39, 0.29) is 5.91 Å². The van der Waals surface area contributed by atoms with E-state index in [1.165, 1.54) is 5.56 Å². The zero-order chi connectivity index (χ0) is 20.1. The molecule has 146 valence electrons. The highest BCUT2D eigenvalue weighted by molar-refractivity contribution is 6.30. The summed E-state index contributed by atoms with van der Waals surface area (Å²) in [7, 11) is 0. The molecule has 2 aromatic carbocycles. The Hall–Kier alpha value is -3.18. The summed E-state index contributed by atoms with van der Waals surface area (Å²) in [4.78, 5) is 21.5. The summed E-state index contributed by atoms with van der Waals surface area (Å²) in [6.45, 7) is 0.707. The lowest BCUT2D eigenvalue weighted by atomic mass is 10.2. The Morgan fingerprint density at radius 3 is 2.72 bits per heavy atom. The number of halogens is 1. The van der Waals surface area contributed by atoms with E-state index in [0.29, 0.717) is 36.5 Å². The van der Waals surface area contributed by atoms with Crippen LogP contribution in [0.1, 0.15) is 24.2 Å². The third-order valence-corrected chi connectivity index (χ3v) is 4.91. The van der Waals surface area contributed by atoms with Crippen LogP contribution in [0.5, 0.6) is 0 Å². The van der Waals surface area contributed by atoms with Gasteiger partial charge in [-0.1, -0.05) is 48.0 Å². The van der Waals surface area contributed by atoms with Gasteiger partial charge in [-0.2, -0.15) is 0 Å². The van der Waals surface area contributed by atoms with Gasteiger partial charge in [0.2, 0.25) is 5.91 Å². The Balaban J connectivity index is 1.45. The zero-order valence-electron chi connectivity index (χ0n) is 15.9. The fraction of sp³-hybridized carbons (Fsp3) is 0.174. The molecular formula is C23H21ClN4O. The summed E-state index contributed by atoms with van der Waals surface area (Å²) < 4.78 is 2.14. The number of carbonyl (C=O) groups is 1. The topological polar surface area (TPSA) is 59.8 Å². The second-order valence-electron chi connectivity index (χ2n) is 6.86. The van der Waals surface area contributed by atoms with Gasteiger partial charge in [-0.15, -0.1) is 0 Å². The highest BCUT2D eigenvalue weighted by Crippen LogP contribution is 2.18. The Kier molecular flexibility index (Phi) is 5.86. The van der Waals surface area contributed by atoms with Crippen molar-refractivity contribution in [3.63, 3.8) is 0 Å². The van der Waals surface area contributed by atoms with Crippen molar-refractivity contribution in [3.8, 4) is 0 Å². The SMILES string of the molecule is O=C(CCCc1nc2cccnc2n1Cc1ccccc1)Nc1cccc(Cl)c1. The smallest absolute Gasteiger partial charge is 0.224 e. The van der Waals surface area contributed by atoms with Gasteiger partial charge < -0.3 is 9.88 Å². The van der Waals surface area contributed by atoms with Crippen LogP contribution in [0.15, 0.2) is 72.9 Å². The van der Waals surface area contributed by atoms with Crippen LogP contribution < -0.4 is 5.32 Å². The van der Waals surface area contributed by atoms with E-state index in [0.717, 1.165) is 17.0 Å². The third-order valence-electron chi connectivity index (χ3n) is 4.68. The molecule has 0 radical (unpaired) electrons. The molecule has 0 bridgehead atoms. The maximum absolute atomic E-state index is 12.3. The number of pyridine rings is 1. The van der Waals surface area contributed by atoms with Crippen LogP contribution in [-0.2, 0) is 17.8 Å². The van der Waals surface area contributed by atoms with Gasteiger partial charge in [0.1, 0.15) is 11.3 Å². The molecule has 2 aromatic heterocycles. The third kappa shape index (κ3) is 4.81. The van der Waals surface area contributed by atoms with Gasteiger partial charge in [-0.05, 0) is 42.3 Å². The minimum absolute atomic E-state index is 0.0314. The van der Waals surface area contributed by atoms with Gasteiger partial charge in [0.25, 0.3) is 0 Å². The average molecular weight is 405 g/mol. The number of fused-ring (bicyclic) bond motifs is 1. The van der Waals surface area contributed by atoms with Crippen molar-refractivity contribution in [1.29, 1.82) is 0 Å². The number of amides is 1. The molecule has 1 amide bonds. The fourth-order valence-electron chi connectivity index (χ4n) is 3.33. The normalized spacial score (nSPS) is 10.9. The van der Waals surface area contributed by atoms with Crippen LogP contribution in [0.4, 0.5) is 5.69 Å². The molecule has 0 aliphatic rings. The molecular weight excluding hydrogens is 384 g/mol. The average Bonchev–Trinajstić information content (AvgIpc) is 3.06. The van der Waals surface area contributed by atoms with Gasteiger partial charge in [0.05, 0.1) is 6.54 Å². The van der Waals surface area contributed by atoms with Gasteiger partial charge in [0, 0.05) is 29.7 Å². The number of rotatable bonds is 7. The molecule has 4 aromatic rings.